The van der Waals surface area contributed by atoms with Gasteiger partial charge in [-0.2, -0.15) is 13.2 Å². The first-order chi connectivity index (χ1) is 14.0. The van der Waals surface area contributed by atoms with Gasteiger partial charge in [0, 0.05) is 30.7 Å². The number of halogens is 3. The SMILES string of the molecule is FC(F)(F)c1ccc(-c2cc(NCCCc3cccnc3)c3nncn3c2)cc1. The minimum atomic E-state index is -4.35. The molecule has 3 aromatic heterocycles. The topological polar surface area (TPSA) is 55.1 Å². The number of aryl methyl sites for hydroxylation is 1. The van der Waals surface area contributed by atoms with Crippen LogP contribution in [0, 0.1) is 0 Å². The highest BCUT2D eigenvalue weighted by Crippen LogP contribution is 2.32. The number of hydrogen-bond donors (Lipinski definition) is 1. The molecule has 0 atom stereocenters. The van der Waals surface area contributed by atoms with E-state index >= 15 is 0 Å². The highest BCUT2D eigenvalue weighted by Gasteiger charge is 2.30. The zero-order chi connectivity index (χ0) is 20.3. The Balaban J connectivity index is 1.52. The van der Waals surface area contributed by atoms with E-state index in [1.54, 1.807) is 23.1 Å². The molecule has 4 rings (SSSR count). The second kappa shape index (κ2) is 7.90. The third kappa shape index (κ3) is 4.37. The highest BCUT2D eigenvalue weighted by atomic mass is 19.4. The normalized spacial score (nSPS) is 11.7. The van der Waals surface area contributed by atoms with Crippen molar-refractivity contribution in [3.8, 4) is 11.1 Å². The van der Waals surface area contributed by atoms with Crippen LogP contribution in [0.25, 0.3) is 16.8 Å². The van der Waals surface area contributed by atoms with Crippen molar-refractivity contribution >= 4 is 11.3 Å². The van der Waals surface area contributed by atoms with Gasteiger partial charge >= 0.3 is 6.18 Å². The summed E-state index contributed by atoms with van der Waals surface area (Å²) in [6.07, 6.45) is 4.41. The number of pyridine rings is 2. The molecule has 0 saturated carbocycles. The van der Waals surface area contributed by atoms with Gasteiger partial charge in [0.1, 0.15) is 6.33 Å². The summed E-state index contributed by atoms with van der Waals surface area (Å²) in [6, 6.07) is 11.0. The quantitative estimate of drug-likeness (QED) is 0.473. The molecule has 4 aromatic rings. The van der Waals surface area contributed by atoms with Crippen molar-refractivity contribution in [3.63, 3.8) is 0 Å². The van der Waals surface area contributed by atoms with E-state index in [1.807, 2.05) is 24.4 Å². The van der Waals surface area contributed by atoms with E-state index in [1.165, 1.54) is 17.7 Å². The fraction of sp³-hybridized carbons (Fsp3) is 0.190. The van der Waals surface area contributed by atoms with Crippen molar-refractivity contribution in [2.75, 3.05) is 11.9 Å². The third-order valence-corrected chi connectivity index (χ3v) is 4.62. The summed E-state index contributed by atoms with van der Waals surface area (Å²) < 4.78 is 40.2. The molecular formula is C21H18F3N5. The molecule has 1 N–H and O–H groups in total. The lowest BCUT2D eigenvalue weighted by Crippen LogP contribution is -2.05. The Bertz CT molecular complexity index is 1090. The highest BCUT2D eigenvalue weighted by molar-refractivity contribution is 5.76. The van der Waals surface area contributed by atoms with Gasteiger partial charge in [-0.3, -0.25) is 9.38 Å². The second-order valence-corrected chi connectivity index (χ2v) is 6.67. The smallest absolute Gasteiger partial charge is 0.382 e. The molecule has 0 fully saturated rings. The Morgan fingerprint density at radius 3 is 2.59 bits per heavy atom. The van der Waals surface area contributed by atoms with Crippen molar-refractivity contribution < 1.29 is 13.2 Å². The minimum absolute atomic E-state index is 0.666. The summed E-state index contributed by atoms with van der Waals surface area (Å²) >= 11 is 0. The van der Waals surface area contributed by atoms with E-state index in [9.17, 15) is 13.2 Å². The van der Waals surface area contributed by atoms with Crippen molar-refractivity contribution in [3.05, 3.63) is 78.5 Å². The Morgan fingerprint density at radius 1 is 1.03 bits per heavy atom. The van der Waals surface area contributed by atoms with E-state index in [0.29, 0.717) is 17.8 Å². The lowest BCUT2D eigenvalue weighted by atomic mass is 10.0. The van der Waals surface area contributed by atoms with Crippen molar-refractivity contribution in [1.82, 2.24) is 19.6 Å². The third-order valence-electron chi connectivity index (χ3n) is 4.62. The molecule has 0 spiro atoms. The maximum absolute atomic E-state index is 12.8. The molecule has 148 valence electrons. The summed E-state index contributed by atoms with van der Waals surface area (Å²) in [5, 5.41) is 11.4. The van der Waals surface area contributed by atoms with Gasteiger partial charge in [0.25, 0.3) is 0 Å². The van der Waals surface area contributed by atoms with Crippen LogP contribution in [0.2, 0.25) is 0 Å². The molecular weight excluding hydrogens is 379 g/mol. The van der Waals surface area contributed by atoms with E-state index < -0.39 is 11.7 Å². The Hall–Kier alpha value is -3.42. The zero-order valence-electron chi connectivity index (χ0n) is 15.4. The molecule has 0 saturated heterocycles. The van der Waals surface area contributed by atoms with Crippen LogP contribution in [0.1, 0.15) is 17.5 Å². The number of fused-ring (bicyclic) bond motifs is 1. The molecule has 0 amide bonds. The molecule has 1 aromatic carbocycles. The van der Waals surface area contributed by atoms with E-state index in [4.69, 9.17) is 0 Å². The summed E-state index contributed by atoms with van der Waals surface area (Å²) in [5.41, 5.74) is 3.42. The average molecular weight is 397 g/mol. The monoisotopic (exact) mass is 397 g/mol. The maximum Gasteiger partial charge on any atom is 0.416 e. The molecule has 0 aliphatic heterocycles. The minimum Gasteiger partial charge on any atom is -0.382 e. The Labute approximate surface area is 165 Å². The molecule has 29 heavy (non-hydrogen) atoms. The molecule has 0 aliphatic rings. The molecule has 0 unspecified atom stereocenters. The Kier molecular flexibility index (Phi) is 5.16. The number of rotatable bonds is 6. The van der Waals surface area contributed by atoms with Crippen molar-refractivity contribution in [2.45, 2.75) is 19.0 Å². The molecule has 5 nitrogen and oxygen atoms in total. The second-order valence-electron chi connectivity index (χ2n) is 6.67. The van der Waals surface area contributed by atoms with Crippen LogP contribution in [-0.2, 0) is 12.6 Å². The molecule has 8 heteroatoms. The van der Waals surface area contributed by atoms with Gasteiger partial charge in [-0.05, 0) is 48.2 Å². The Morgan fingerprint density at radius 2 is 1.86 bits per heavy atom. The standard InChI is InChI=1S/C21H18F3N5/c22-21(23,24)18-7-5-16(6-8-18)17-11-19(20-28-27-14-29(20)13-17)26-10-2-4-15-3-1-9-25-12-15/h1,3,5-9,11-14,26H,2,4,10H2. The lowest BCUT2D eigenvalue weighted by molar-refractivity contribution is -0.137. The zero-order valence-corrected chi connectivity index (χ0v) is 15.4. The van der Waals surface area contributed by atoms with Gasteiger partial charge in [-0.25, -0.2) is 0 Å². The number of aromatic nitrogens is 4. The van der Waals surface area contributed by atoms with Gasteiger partial charge in [-0.15, -0.1) is 10.2 Å². The predicted molar refractivity (Wildman–Crippen MR) is 104 cm³/mol. The van der Waals surface area contributed by atoms with E-state index in [2.05, 4.69) is 20.5 Å². The fourth-order valence-corrected chi connectivity index (χ4v) is 3.14. The van der Waals surface area contributed by atoms with E-state index in [-0.39, 0.29) is 0 Å². The van der Waals surface area contributed by atoms with Gasteiger partial charge in [0.05, 0.1) is 11.3 Å². The first-order valence-electron chi connectivity index (χ1n) is 9.14. The van der Waals surface area contributed by atoms with Crippen LogP contribution >= 0.6 is 0 Å². The van der Waals surface area contributed by atoms with Crippen LogP contribution in [0.3, 0.4) is 0 Å². The predicted octanol–water partition coefficient (Wildman–Crippen LogP) is 4.85. The summed E-state index contributed by atoms with van der Waals surface area (Å²) in [5.74, 6) is 0. The molecule has 0 aliphatic carbocycles. The first kappa shape index (κ1) is 18.9. The number of nitrogens with one attached hydrogen (secondary N) is 1. The van der Waals surface area contributed by atoms with Crippen LogP contribution < -0.4 is 5.32 Å². The van der Waals surface area contributed by atoms with E-state index in [0.717, 1.165) is 36.2 Å². The number of nitrogens with zero attached hydrogens (tertiary/aromatic N) is 4. The van der Waals surface area contributed by atoms with Crippen molar-refractivity contribution in [2.24, 2.45) is 0 Å². The van der Waals surface area contributed by atoms with Gasteiger partial charge in [0.15, 0.2) is 5.65 Å². The summed E-state index contributed by atoms with van der Waals surface area (Å²) in [7, 11) is 0. The first-order valence-corrected chi connectivity index (χ1v) is 9.14. The van der Waals surface area contributed by atoms with Crippen LogP contribution in [0.4, 0.5) is 18.9 Å². The number of anilines is 1. The fourth-order valence-electron chi connectivity index (χ4n) is 3.14. The number of hydrogen-bond acceptors (Lipinski definition) is 4. The van der Waals surface area contributed by atoms with Crippen LogP contribution in [0.5, 0.6) is 0 Å². The molecule has 0 bridgehead atoms. The van der Waals surface area contributed by atoms with Gasteiger partial charge < -0.3 is 5.32 Å². The summed E-state index contributed by atoms with van der Waals surface area (Å²) in [4.78, 5) is 4.11. The van der Waals surface area contributed by atoms with Gasteiger partial charge in [-0.1, -0.05) is 18.2 Å². The van der Waals surface area contributed by atoms with Gasteiger partial charge in [0.2, 0.25) is 0 Å². The largest absolute Gasteiger partial charge is 0.416 e. The average Bonchev–Trinajstić information content (AvgIpc) is 3.20. The van der Waals surface area contributed by atoms with Crippen LogP contribution in [-0.4, -0.2) is 26.1 Å². The number of benzene rings is 1. The number of alkyl halides is 3. The lowest BCUT2D eigenvalue weighted by Gasteiger charge is -2.11. The molecule has 0 radical (unpaired) electrons. The molecule has 3 heterocycles. The van der Waals surface area contributed by atoms with Crippen molar-refractivity contribution in [1.29, 1.82) is 0 Å². The maximum atomic E-state index is 12.8. The van der Waals surface area contributed by atoms with Crippen LogP contribution in [0.15, 0.2) is 67.4 Å². The summed E-state index contributed by atoms with van der Waals surface area (Å²) in [6.45, 7) is 0.716.